The summed E-state index contributed by atoms with van der Waals surface area (Å²) in [6.07, 6.45) is 8.00. The molecule has 0 radical (unpaired) electrons. The Hall–Kier alpha value is -2.91. The Morgan fingerprint density at radius 1 is 1.05 bits per heavy atom. The third kappa shape index (κ3) is 6.21. The third-order valence-electron chi connectivity index (χ3n) is 11.2. The van der Waals surface area contributed by atoms with Crippen molar-refractivity contribution in [1.82, 2.24) is 14.9 Å². The molecule has 3 atom stereocenters. The van der Waals surface area contributed by atoms with Crippen LogP contribution < -0.4 is 21.3 Å². The first kappa shape index (κ1) is 30.1. The maximum atomic E-state index is 12.4. The molecule has 1 saturated heterocycles. The minimum atomic E-state index is -0.600. The van der Waals surface area contributed by atoms with Crippen LogP contribution in [0.15, 0.2) is 18.2 Å². The Kier molecular flexibility index (Phi) is 8.57. The Balaban J connectivity index is 1.11. The summed E-state index contributed by atoms with van der Waals surface area (Å²) < 4.78 is 0. The fourth-order valence-corrected chi connectivity index (χ4v) is 8.41. The first-order chi connectivity index (χ1) is 20.6. The van der Waals surface area contributed by atoms with Gasteiger partial charge >= 0.3 is 0 Å². The molecule has 5 aliphatic rings. The molecule has 5 fully saturated rings. The van der Waals surface area contributed by atoms with Crippen molar-refractivity contribution in [2.24, 2.45) is 28.9 Å². The van der Waals surface area contributed by atoms with Crippen LogP contribution in [-0.2, 0) is 6.42 Å². The van der Waals surface area contributed by atoms with Gasteiger partial charge in [-0.2, -0.15) is 0 Å². The lowest BCUT2D eigenvalue weighted by Gasteiger charge is -2.61. The number of carbonyl (C=O) groups excluding carboxylic acids is 1. The van der Waals surface area contributed by atoms with Crippen molar-refractivity contribution in [2.75, 3.05) is 48.3 Å². The summed E-state index contributed by atoms with van der Waals surface area (Å²) in [5, 5.41) is 16.8. The van der Waals surface area contributed by atoms with Crippen LogP contribution in [-0.4, -0.2) is 70.8 Å². The number of aliphatic hydroxyl groups excluding tert-OH is 1. The second-order valence-electron chi connectivity index (χ2n) is 14.2. The fraction of sp³-hybridized carbons (Fsp3) is 0.676. The van der Waals surface area contributed by atoms with E-state index in [2.05, 4.69) is 64.4 Å². The van der Waals surface area contributed by atoms with E-state index in [-0.39, 0.29) is 17.8 Å². The van der Waals surface area contributed by atoms with Gasteiger partial charge in [0.05, 0.1) is 11.8 Å². The summed E-state index contributed by atoms with van der Waals surface area (Å²) in [6, 6.07) is 6.57. The standard InChI is InChI=1S/C34H51N7O2/c1-5-28-32(36-24-8-11-26(42)12-9-24)39-33(30(38-28)31(35)43)37-25-10-13-29(21(2)18-25)41-16-14-40(15-17-41)20-22-6-7-23-19-27(22)34(23,3)4/h10,13,18,22-24,26-27,42H,5-9,11-12,14-17,19-20H2,1-4H3,(H2,35,43)(H2,36,37,39)/t22?,23-,24?,26?,27-/m0/s1. The van der Waals surface area contributed by atoms with Crippen molar-refractivity contribution in [3.8, 4) is 0 Å². The molecule has 9 heteroatoms. The van der Waals surface area contributed by atoms with Crippen LogP contribution in [0.1, 0.15) is 87.5 Å². The number of hydrogen-bond acceptors (Lipinski definition) is 8. The maximum absolute atomic E-state index is 12.4. The van der Waals surface area contributed by atoms with E-state index in [1.165, 1.54) is 37.1 Å². The predicted molar refractivity (Wildman–Crippen MR) is 173 cm³/mol. The number of carbonyl (C=O) groups is 1. The zero-order valence-corrected chi connectivity index (χ0v) is 26.5. The molecule has 234 valence electrons. The lowest BCUT2D eigenvalue weighted by atomic mass is 9.45. The molecule has 4 aliphatic carbocycles. The summed E-state index contributed by atoms with van der Waals surface area (Å²) in [6.45, 7) is 14.7. The van der Waals surface area contributed by atoms with Crippen LogP contribution in [0.4, 0.5) is 23.0 Å². The molecule has 2 aromatic rings. The number of nitrogens with two attached hydrogens (primary N) is 1. The first-order valence-electron chi connectivity index (χ1n) is 16.6. The first-order valence-corrected chi connectivity index (χ1v) is 16.6. The fourth-order valence-electron chi connectivity index (χ4n) is 8.41. The predicted octanol–water partition coefficient (Wildman–Crippen LogP) is 5.10. The van der Waals surface area contributed by atoms with E-state index in [0.717, 1.165) is 81.0 Å². The van der Waals surface area contributed by atoms with Gasteiger partial charge in [0.25, 0.3) is 5.91 Å². The Bertz CT molecular complexity index is 1310. The minimum Gasteiger partial charge on any atom is -0.393 e. The zero-order chi connectivity index (χ0) is 30.3. The van der Waals surface area contributed by atoms with Crippen molar-refractivity contribution >= 4 is 28.9 Å². The van der Waals surface area contributed by atoms with Crippen LogP contribution in [0.25, 0.3) is 0 Å². The van der Waals surface area contributed by atoms with Crippen molar-refractivity contribution < 1.29 is 9.90 Å². The number of benzene rings is 1. The SMILES string of the molecule is CCc1nc(C(N)=O)c(Nc2ccc(N3CCN(CC4CC[C@H]5C[C@@H]4C5(C)C)CC3)c(C)c2)nc1NC1CCC(O)CC1. The number of nitrogens with one attached hydrogen (secondary N) is 2. The van der Waals surface area contributed by atoms with E-state index >= 15 is 0 Å². The summed E-state index contributed by atoms with van der Waals surface area (Å²) >= 11 is 0. The summed E-state index contributed by atoms with van der Waals surface area (Å²) in [5.74, 6) is 3.19. The number of rotatable bonds is 9. The minimum absolute atomic E-state index is 0.151. The number of piperazine rings is 1. The Morgan fingerprint density at radius 2 is 1.79 bits per heavy atom. The van der Waals surface area contributed by atoms with Crippen molar-refractivity contribution in [3.63, 3.8) is 0 Å². The van der Waals surface area contributed by atoms with Gasteiger partial charge in [-0.3, -0.25) is 9.69 Å². The summed E-state index contributed by atoms with van der Waals surface area (Å²) in [7, 11) is 0. The second-order valence-corrected chi connectivity index (χ2v) is 14.2. The van der Waals surface area contributed by atoms with Gasteiger partial charge in [0.1, 0.15) is 5.82 Å². The Labute approximate surface area is 257 Å². The lowest BCUT2D eigenvalue weighted by Crippen LogP contribution is -2.56. The molecule has 1 amide bonds. The number of fused-ring (bicyclic) bond motifs is 2. The summed E-state index contributed by atoms with van der Waals surface area (Å²) in [4.78, 5) is 27.0. The molecule has 4 saturated carbocycles. The topological polar surface area (TPSA) is 120 Å². The van der Waals surface area contributed by atoms with Gasteiger partial charge in [-0.1, -0.05) is 20.8 Å². The van der Waals surface area contributed by atoms with Crippen molar-refractivity contribution in [1.29, 1.82) is 0 Å². The number of hydrogen-bond donors (Lipinski definition) is 4. The van der Waals surface area contributed by atoms with Gasteiger partial charge in [-0.05, 0) is 105 Å². The molecular formula is C34H51N7O2. The van der Waals surface area contributed by atoms with Crippen molar-refractivity contribution in [3.05, 3.63) is 35.2 Å². The average Bonchev–Trinajstić information content (AvgIpc) is 2.99. The molecule has 43 heavy (non-hydrogen) atoms. The van der Waals surface area contributed by atoms with Crippen molar-refractivity contribution in [2.45, 2.75) is 91.2 Å². The molecular weight excluding hydrogens is 538 g/mol. The smallest absolute Gasteiger partial charge is 0.271 e. The molecule has 0 spiro atoms. The molecule has 7 rings (SSSR count). The quantitative estimate of drug-likeness (QED) is 0.319. The number of aryl methyl sites for hydroxylation is 2. The monoisotopic (exact) mass is 589 g/mol. The highest BCUT2D eigenvalue weighted by atomic mass is 16.3. The highest BCUT2D eigenvalue weighted by Gasteiger charge is 2.54. The lowest BCUT2D eigenvalue weighted by molar-refractivity contribution is -0.111. The maximum Gasteiger partial charge on any atom is 0.271 e. The van der Waals surface area contributed by atoms with E-state index in [1.807, 2.05) is 6.92 Å². The number of primary amides is 1. The number of amides is 1. The molecule has 9 nitrogen and oxygen atoms in total. The van der Waals surface area contributed by atoms with Gasteiger partial charge in [0.15, 0.2) is 11.5 Å². The van der Waals surface area contributed by atoms with Crippen LogP contribution >= 0.6 is 0 Å². The van der Waals surface area contributed by atoms with E-state index in [1.54, 1.807) is 0 Å². The van der Waals surface area contributed by atoms with Gasteiger partial charge in [0.2, 0.25) is 0 Å². The number of nitrogens with zero attached hydrogens (tertiary/aromatic N) is 4. The molecule has 1 unspecified atom stereocenters. The molecule has 2 heterocycles. The molecule has 2 bridgehead atoms. The summed E-state index contributed by atoms with van der Waals surface area (Å²) in [5.41, 5.74) is 10.5. The number of anilines is 4. The average molecular weight is 590 g/mol. The molecule has 1 aliphatic heterocycles. The third-order valence-corrected chi connectivity index (χ3v) is 11.2. The van der Waals surface area contributed by atoms with Gasteiger partial charge in [-0.25, -0.2) is 9.97 Å². The van der Waals surface area contributed by atoms with Gasteiger partial charge < -0.3 is 26.4 Å². The van der Waals surface area contributed by atoms with E-state index in [0.29, 0.717) is 23.5 Å². The zero-order valence-electron chi connectivity index (χ0n) is 26.5. The molecule has 1 aromatic heterocycles. The van der Waals surface area contributed by atoms with Crippen LogP contribution in [0, 0.1) is 30.1 Å². The second kappa shape index (κ2) is 12.2. The van der Waals surface area contributed by atoms with Gasteiger partial charge in [0, 0.05) is 50.1 Å². The molecule has 5 N–H and O–H groups in total. The van der Waals surface area contributed by atoms with Crippen LogP contribution in [0.2, 0.25) is 0 Å². The number of aromatic nitrogens is 2. The normalized spacial score (nSPS) is 28.7. The largest absolute Gasteiger partial charge is 0.393 e. The van der Waals surface area contributed by atoms with Crippen LogP contribution in [0.3, 0.4) is 0 Å². The van der Waals surface area contributed by atoms with E-state index in [9.17, 15) is 9.90 Å². The van der Waals surface area contributed by atoms with Gasteiger partial charge in [-0.15, -0.1) is 0 Å². The highest BCUT2D eigenvalue weighted by molar-refractivity contribution is 5.96. The van der Waals surface area contributed by atoms with Crippen LogP contribution in [0.5, 0.6) is 0 Å². The molecule has 1 aromatic carbocycles. The Morgan fingerprint density at radius 3 is 2.42 bits per heavy atom. The van der Waals surface area contributed by atoms with E-state index in [4.69, 9.17) is 10.7 Å². The number of aliphatic hydroxyl groups is 1. The highest BCUT2D eigenvalue weighted by Crippen LogP contribution is 2.61. The van der Waals surface area contributed by atoms with E-state index < -0.39 is 5.91 Å².